The van der Waals surface area contributed by atoms with E-state index in [1.54, 1.807) is 0 Å². The molecule has 2 amide bonds. The van der Waals surface area contributed by atoms with E-state index in [-0.39, 0.29) is 36.1 Å². The molecule has 0 aliphatic heterocycles. The number of rotatable bonds is 6. The van der Waals surface area contributed by atoms with Crippen molar-refractivity contribution in [3.63, 3.8) is 0 Å². The minimum atomic E-state index is -0.422. The third-order valence-electron chi connectivity index (χ3n) is 5.29. The highest BCUT2D eigenvalue weighted by atomic mass is 35.5. The second-order valence-corrected chi connectivity index (χ2v) is 7.52. The Morgan fingerprint density at radius 1 is 1.35 bits per heavy atom. The Hall–Kier alpha value is -1.59. The number of nitrogens with two attached hydrogens (primary N) is 1. The van der Waals surface area contributed by atoms with E-state index in [1.165, 1.54) is 0 Å². The van der Waals surface area contributed by atoms with Crippen molar-refractivity contribution in [2.24, 2.45) is 17.6 Å². The molecule has 1 fully saturated rings. The number of hydrogen-bond donors (Lipinski definition) is 3. The van der Waals surface area contributed by atoms with Gasteiger partial charge in [0.1, 0.15) is 0 Å². The van der Waals surface area contributed by atoms with Crippen molar-refractivity contribution in [1.29, 1.82) is 0 Å². The lowest BCUT2D eigenvalue weighted by Crippen LogP contribution is -2.52. The van der Waals surface area contributed by atoms with Gasteiger partial charge in [-0.3, -0.25) is 9.59 Å². The SMILES string of the molecule is CCC(C)C(=O)Nc1cccc(CNC(=O)C2CCCCC2(C)N)c1.Cl. The molecule has 3 atom stereocenters. The second-order valence-electron chi connectivity index (χ2n) is 7.52. The maximum absolute atomic E-state index is 12.5. The van der Waals surface area contributed by atoms with Crippen molar-refractivity contribution in [2.45, 2.75) is 65.0 Å². The Morgan fingerprint density at radius 2 is 2.08 bits per heavy atom. The molecule has 146 valence electrons. The fourth-order valence-electron chi connectivity index (χ4n) is 3.31. The molecule has 4 N–H and O–H groups in total. The number of halogens is 1. The van der Waals surface area contributed by atoms with Gasteiger partial charge >= 0.3 is 0 Å². The summed E-state index contributed by atoms with van der Waals surface area (Å²) in [6, 6.07) is 7.61. The first-order valence-electron chi connectivity index (χ1n) is 9.30. The molecule has 1 aliphatic carbocycles. The Morgan fingerprint density at radius 3 is 2.73 bits per heavy atom. The highest BCUT2D eigenvalue weighted by molar-refractivity contribution is 5.92. The number of nitrogens with one attached hydrogen (secondary N) is 2. The van der Waals surface area contributed by atoms with Crippen molar-refractivity contribution in [2.75, 3.05) is 5.32 Å². The summed E-state index contributed by atoms with van der Waals surface area (Å²) in [6.45, 7) is 6.32. The van der Waals surface area contributed by atoms with E-state index in [9.17, 15) is 9.59 Å². The third-order valence-corrected chi connectivity index (χ3v) is 5.29. The van der Waals surface area contributed by atoms with Gasteiger partial charge in [0.2, 0.25) is 11.8 Å². The summed E-state index contributed by atoms with van der Waals surface area (Å²) in [4.78, 5) is 24.5. The van der Waals surface area contributed by atoms with Crippen LogP contribution >= 0.6 is 12.4 Å². The Labute approximate surface area is 162 Å². The van der Waals surface area contributed by atoms with Gasteiger partial charge in [0.25, 0.3) is 0 Å². The first-order valence-corrected chi connectivity index (χ1v) is 9.30. The standard InChI is InChI=1S/C20H31N3O2.ClH/c1-4-14(2)18(24)23-16-9-7-8-15(12-16)13-22-19(25)17-10-5-6-11-20(17,3)21;/h7-9,12,14,17H,4-6,10-11,13,21H2,1-3H3,(H,22,25)(H,23,24);1H. The zero-order chi connectivity index (χ0) is 18.4. The van der Waals surface area contributed by atoms with Crippen LogP contribution in [0.4, 0.5) is 5.69 Å². The lowest BCUT2D eigenvalue weighted by atomic mass is 9.74. The van der Waals surface area contributed by atoms with E-state index in [0.717, 1.165) is 43.4 Å². The molecule has 1 aromatic carbocycles. The van der Waals surface area contributed by atoms with Crippen molar-refractivity contribution in [1.82, 2.24) is 5.32 Å². The molecule has 1 aliphatic rings. The Balaban J connectivity index is 0.00000338. The van der Waals surface area contributed by atoms with Crippen LogP contribution in [-0.2, 0) is 16.1 Å². The fraction of sp³-hybridized carbons (Fsp3) is 0.600. The first kappa shape index (κ1) is 22.5. The van der Waals surface area contributed by atoms with Gasteiger partial charge < -0.3 is 16.4 Å². The number of carbonyl (C=O) groups excluding carboxylic acids is 2. The van der Waals surface area contributed by atoms with E-state index < -0.39 is 5.54 Å². The summed E-state index contributed by atoms with van der Waals surface area (Å²) in [6.07, 6.45) is 4.70. The van der Waals surface area contributed by atoms with Crippen LogP contribution in [0.15, 0.2) is 24.3 Å². The number of benzene rings is 1. The van der Waals surface area contributed by atoms with E-state index >= 15 is 0 Å². The molecule has 0 bridgehead atoms. The predicted molar refractivity (Wildman–Crippen MR) is 108 cm³/mol. The number of anilines is 1. The van der Waals surface area contributed by atoms with E-state index in [1.807, 2.05) is 45.0 Å². The minimum Gasteiger partial charge on any atom is -0.352 e. The summed E-state index contributed by atoms with van der Waals surface area (Å²) >= 11 is 0. The highest BCUT2D eigenvalue weighted by Gasteiger charge is 2.37. The highest BCUT2D eigenvalue weighted by Crippen LogP contribution is 2.31. The van der Waals surface area contributed by atoms with Gasteiger partial charge in [0.05, 0.1) is 5.92 Å². The largest absolute Gasteiger partial charge is 0.352 e. The number of carbonyl (C=O) groups is 2. The van der Waals surface area contributed by atoms with Crippen LogP contribution in [0, 0.1) is 11.8 Å². The van der Waals surface area contributed by atoms with Crippen LogP contribution in [0.3, 0.4) is 0 Å². The molecule has 1 saturated carbocycles. The third kappa shape index (κ3) is 5.99. The molecule has 5 nitrogen and oxygen atoms in total. The molecule has 0 saturated heterocycles. The number of amides is 2. The molecule has 3 unspecified atom stereocenters. The van der Waals surface area contributed by atoms with Gasteiger partial charge in [-0.1, -0.05) is 38.8 Å². The lowest BCUT2D eigenvalue weighted by Gasteiger charge is -2.37. The average molecular weight is 382 g/mol. The molecule has 0 spiro atoms. The monoisotopic (exact) mass is 381 g/mol. The maximum Gasteiger partial charge on any atom is 0.227 e. The van der Waals surface area contributed by atoms with Gasteiger partial charge in [0, 0.05) is 23.7 Å². The zero-order valence-corrected chi connectivity index (χ0v) is 16.8. The second kappa shape index (κ2) is 9.93. The summed E-state index contributed by atoms with van der Waals surface area (Å²) in [7, 11) is 0. The molecule has 2 rings (SSSR count). The average Bonchev–Trinajstić information content (AvgIpc) is 2.58. The lowest BCUT2D eigenvalue weighted by molar-refractivity contribution is -0.128. The molecule has 0 radical (unpaired) electrons. The van der Waals surface area contributed by atoms with Gasteiger partial charge in [-0.05, 0) is 43.9 Å². The van der Waals surface area contributed by atoms with Gasteiger partial charge in [-0.25, -0.2) is 0 Å². The van der Waals surface area contributed by atoms with Crippen LogP contribution in [0.2, 0.25) is 0 Å². The summed E-state index contributed by atoms with van der Waals surface area (Å²) in [5, 5.41) is 5.93. The van der Waals surface area contributed by atoms with Gasteiger partial charge in [-0.2, -0.15) is 0 Å². The van der Waals surface area contributed by atoms with E-state index in [0.29, 0.717) is 6.54 Å². The maximum atomic E-state index is 12.5. The summed E-state index contributed by atoms with van der Waals surface area (Å²) < 4.78 is 0. The van der Waals surface area contributed by atoms with Crippen LogP contribution in [0.25, 0.3) is 0 Å². The Kier molecular flexibility index (Phi) is 8.57. The molecule has 0 heterocycles. The predicted octanol–water partition coefficient (Wildman–Crippen LogP) is 3.62. The van der Waals surface area contributed by atoms with Crippen molar-refractivity contribution in [3.05, 3.63) is 29.8 Å². The number of hydrogen-bond acceptors (Lipinski definition) is 3. The van der Waals surface area contributed by atoms with Crippen LogP contribution in [0.1, 0.15) is 58.4 Å². The molecule has 1 aromatic rings. The van der Waals surface area contributed by atoms with E-state index in [4.69, 9.17) is 5.73 Å². The topological polar surface area (TPSA) is 84.2 Å². The molecular weight excluding hydrogens is 350 g/mol. The van der Waals surface area contributed by atoms with Crippen molar-refractivity contribution >= 4 is 29.9 Å². The van der Waals surface area contributed by atoms with Gasteiger partial charge in [0.15, 0.2) is 0 Å². The van der Waals surface area contributed by atoms with Crippen LogP contribution in [-0.4, -0.2) is 17.4 Å². The fourth-order valence-corrected chi connectivity index (χ4v) is 3.31. The normalized spacial score (nSPS) is 23.5. The quantitative estimate of drug-likeness (QED) is 0.703. The van der Waals surface area contributed by atoms with Crippen LogP contribution in [0.5, 0.6) is 0 Å². The van der Waals surface area contributed by atoms with E-state index in [2.05, 4.69) is 10.6 Å². The summed E-state index contributed by atoms with van der Waals surface area (Å²) in [5.74, 6) is -0.102. The smallest absolute Gasteiger partial charge is 0.227 e. The van der Waals surface area contributed by atoms with Crippen LogP contribution < -0.4 is 16.4 Å². The van der Waals surface area contributed by atoms with Gasteiger partial charge in [-0.15, -0.1) is 12.4 Å². The zero-order valence-electron chi connectivity index (χ0n) is 16.0. The summed E-state index contributed by atoms with van der Waals surface area (Å²) in [5.41, 5.74) is 7.61. The molecular formula is C20H32ClN3O2. The molecule has 0 aromatic heterocycles. The molecule has 6 heteroatoms. The molecule has 26 heavy (non-hydrogen) atoms. The first-order chi connectivity index (χ1) is 11.8. The minimum absolute atomic E-state index is 0. The van der Waals surface area contributed by atoms with Crippen molar-refractivity contribution in [3.8, 4) is 0 Å². The van der Waals surface area contributed by atoms with Crippen molar-refractivity contribution < 1.29 is 9.59 Å². The Bertz CT molecular complexity index is 619.